The highest BCUT2D eigenvalue weighted by atomic mass is 32.2. The minimum atomic E-state index is -4.73. The average molecular weight is 575 g/mol. The van der Waals surface area contributed by atoms with E-state index >= 15 is 0 Å². The van der Waals surface area contributed by atoms with Crippen LogP contribution in [-0.2, 0) is 18.6 Å². The van der Waals surface area contributed by atoms with Crippen molar-refractivity contribution in [2.45, 2.75) is 69.9 Å². The van der Waals surface area contributed by atoms with E-state index in [0.29, 0.717) is 55.6 Å². The first-order valence-corrected chi connectivity index (χ1v) is 13.9. The lowest BCUT2D eigenvalue weighted by Gasteiger charge is -2.34. The Kier molecular flexibility index (Phi) is 8.52. The van der Waals surface area contributed by atoms with Gasteiger partial charge in [0.2, 0.25) is 0 Å². The molecule has 216 valence electrons. The van der Waals surface area contributed by atoms with Crippen molar-refractivity contribution < 1.29 is 31.9 Å². The van der Waals surface area contributed by atoms with Crippen LogP contribution in [0.2, 0.25) is 0 Å². The number of nitrogens with zero attached hydrogens (tertiary/aromatic N) is 3. The fraction of sp³-hybridized carbons (Fsp3) is 0.630. The molecule has 12 heteroatoms. The van der Waals surface area contributed by atoms with Gasteiger partial charge >= 0.3 is 6.18 Å². The summed E-state index contributed by atoms with van der Waals surface area (Å²) >= 11 is 1.03. The Labute approximate surface area is 229 Å². The second-order valence-electron chi connectivity index (χ2n) is 11.1. The Morgan fingerprint density at radius 3 is 2.38 bits per heavy atom. The van der Waals surface area contributed by atoms with E-state index in [2.05, 4.69) is 10.3 Å². The Morgan fingerprint density at radius 1 is 1.18 bits per heavy atom. The Bertz CT molecular complexity index is 1140. The van der Waals surface area contributed by atoms with Crippen molar-refractivity contribution in [3.63, 3.8) is 0 Å². The average Bonchev–Trinajstić information content (AvgIpc) is 3.65. The lowest BCUT2D eigenvalue weighted by molar-refractivity contribution is -0.138. The van der Waals surface area contributed by atoms with Crippen LogP contribution in [0, 0.1) is 11.8 Å². The third-order valence-electron chi connectivity index (χ3n) is 7.98. The van der Waals surface area contributed by atoms with E-state index in [1.54, 1.807) is 32.8 Å². The summed E-state index contributed by atoms with van der Waals surface area (Å²) in [6.07, 6.45) is -0.783. The first-order chi connectivity index (χ1) is 18.1. The smallest absolute Gasteiger partial charge is 0.374 e. The minimum absolute atomic E-state index is 0.00727. The van der Waals surface area contributed by atoms with E-state index in [9.17, 15) is 31.9 Å². The van der Waals surface area contributed by atoms with Crippen LogP contribution < -0.4 is 5.32 Å². The van der Waals surface area contributed by atoms with Crippen LogP contribution in [-0.4, -0.2) is 64.9 Å². The first-order valence-electron chi connectivity index (χ1n) is 13.1. The number of carbonyl (C=O) groups excluding carboxylic acids is 1. The standard InChI is InChI=1S/C27H35F5N4O2S/c1-16(25(2,38)35(3)4)33-23-22(39-24(37)34-23)13-17-9-11-36(12-10-17)15-18-5-6-20(14-21(18)27(30,31)32)26(28,29)19-7-8-19/h5-6,13-14,16-17,19,38H,7-12,15H2,1-4H3,(H,33,34,37). The van der Waals surface area contributed by atoms with Crippen molar-refractivity contribution in [1.29, 1.82) is 0 Å². The zero-order valence-electron chi connectivity index (χ0n) is 22.5. The van der Waals surface area contributed by atoms with Crippen molar-refractivity contribution in [3.8, 4) is 0 Å². The summed E-state index contributed by atoms with van der Waals surface area (Å²) in [4.78, 5) is 20.8. The molecule has 1 saturated carbocycles. The van der Waals surface area contributed by atoms with Gasteiger partial charge in [-0.15, -0.1) is 0 Å². The van der Waals surface area contributed by atoms with Crippen LogP contribution in [0.25, 0.3) is 0 Å². The number of hydrogen-bond donors (Lipinski definition) is 2. The number of piperidine rings is 1. The molecular weight excluding hydrogens is 539 g/mol. The molecule has 4 rings (SSSR count). The Morgan fingerprint density at radius 2 is 1.82 bits per heavy atom. The van der Waals surface area contributed by atoms with Gasteiger partial charge in [-0.1, -0.05) is 18.2 Å². The number of amides is 1. The normalized spacial score (nSPS) is 24.4. The van der Waals surface area contributed by atoms with Crippen molar-refractivity contribution in [1.82, 2.24) is 15.1 Å². The molecule has 2 aliphatic heterocycles. The van der Waals surface area contributed by atoms with Gasteiger partial charge in [0, 0.05) is 18.0 Å². The highest BCUT2D eigenvalue weighted by Gasteiger charge is 2.49. The number of nitrogens with one attached hydrogen (secondary N) is 1. The molecular formula is C27H35F5N4O2S. The fourth-order valence-corrected chi connectivity index (χ4v) is 5.64. The molecule has 0 radical (unpaired) electrons. The number of likely N-dealkylation sites (N-methyl/N-ethyl adjacent to an activating group) is 1. The maximum absolute atomic E-state index is 14.5. The maximum atomic E-state index is 14.5. The summed E-state index contributed by atoms with van der Waals surface area (Å²) in [5.74, 6) is -3.63. The number of rotatable bonds is 8. The van der Waals surface area contributed by atoms with Crippen molar-refractivity contribution in [3.05, 3.63) is 45.9 Å². The molecule has 1 aromatic rings. The van der Waals surface area contributed by atoms with Crippen LogP contribution in [0.15, 0.2) is 34.2 Å². The van der Waals surface area contributed by atoms with E-state index < -0.39 is 40.9 Å². The highest BCUT2D eigenvalue weighted by Crippen LogP contribution is 2.50. The first kappa shape index (κ1) is 30.0. The molecule has 6 nitrogen and oxygen atoms in total. The van der Waals surface area contributed by atoms with Crippen LogP contribution in [0.3, 0.4) is 0 Å². The van der Waals surface area contributed by atoms with Gasteiger partial charge < -0.3 is 10.4 Å². The monoisotopic (exact) mass is 574 g/mol. The third kappa shape index (κ3) is 6.83. The largest absolute Gasteiger partial charge is 0.416 e. The lowest BCUT2D eigenvalue weighted by Crippen LogP contribution is -2.49. The summed E-state index contributed by atoms with van der Waals surface area (Å²) in [6.45, 7) is 4.46. The molecule has 39 heavy (non-hydrogen) atoms. The van der Waals surface area contributed by atoms with Crippen molar-refractivity contribution in [2.24, 2.45) is 16.8 Å². The zero-order valence-corrected chi connectivity index (χ0v) is 23.3. The van der Waals surface area contributed by atoms with Crippen molar-refractivity contribution >= 4 is 22.8 Å². The van der Waals surface area contributed by atoms with Gasteiger partial charge in [-0.25, -0.2) is 8.78 Å². The molecule has 3 aliphatic rings. The number of carbonyl (C=O) groups is 1. The molecule has 1 amide bonds. The molecule has 2 N–H and O–H groups in total. The van der Waals surface area contributed by atoms with Gasteiger partial charge in [-0.05, 0) is 96.0 Å². The number of hydrogen-bond acceptors (Lipinski definition) is 6. The van der Waals surface area contributed by atoms with Crippen molar-refractivity contribution in [2.75, 3.05) is 27.2 Å². The molecule has 3 fully saturated rings. The van der Waals surface area contributed by atoms with Gasteiger partial charge in [-0.3, -0.25) is 19.6 Å². The van der Waals surface area contributed by atoms with Crippen LogP contribution >= 0.6 is 11.8 Å². The summed E-state index contributed by atoms with van der Waals surface area (Å²) in [5.41, 5.74) is -2.79. The third-order valence-corrected chi connectivity index (χ3v) is 8.82. The van der Waals surface area contributed by atoms with Gasteiger partial charge in [-0.2, -0.15) is 13.2 Å². The van der Waals surface area contributed by atoms with Gasteiger partial charge in [0.05, 0.1) is 16.5 Å². The fourth-order valence-electron chi connectivity index (χ4n) is 4.83. The molecule has 1 aliphatic carbocycles. The summed E-state index contributed by atoms with van der Waals surface area (Å²) in [6, 6.07) is 2.44. The number of thioether (sulfide) groups is 1. The second-order valence-corrected chi connectivity index (χ2v) is 12.1. The molecule has 0 spiro atoms. The number of halogens is 5. The topological polar surface area (TPSA) is 68.2 Å². The molecule has 2 saturated heterocycles. The maximum Gasteiger partial charge on any atom is 0.416 e. The van der Waals surface area contributed by atoms with E-state index in [0.717, 1.165) is 17.8 Å². The van der Waals surface area contributed by atoms with Gasteiger partial charge in [0.1, 0.15) is 11.6 Å². The predicted octanol–water partition coefficient (Wildman–Crippen LogP) is 5.82. The predicted molar refractivity (Wildman–Crippen MR) is 141 cm³/mol. The van der Waals surface area contributed by atoms with Crippen LogP contribution in [0.4, 0.5) is 26.7 Å². The lowest BCUT2D eigenvalue weighted by atomic mass is 9.94. The van der Waals surface area contributed by atoms with E-state index in [1.165, 1.54) is 6.07 Å². The van der Waals surface area contributed by atoms with E-state index in [1.807, 2.05) is 11.0 Å². The summed E-state index contributed by atoms with van der Waals surface area (Å²) < 4.78 is 70.4. The Balaban J connectivity index is 1.43. The van der Waals surface area contributed by atoms with Gasteiger partial charge in [0.15, 0.2) is 0 Å². The second kappa shape index (κ2) is 11.1. The SMILES string of the molecule is CC(N=C1NC(=O)SC1=CC1CCN(Cc2ccc(C(F)(F)C3CC3)cc2C(F)(F)F)CC1)C(C)(O)N(C)C. The van der Waals surface area contributed by atoms with Gasteiger partial charge in [0.25, 0.3) is 11.2 Å². The molecule has 2 atom stereocenters. The van der Waals surface area contributed by atoms with E-state index in [4.69, 9.17) is 0 Å². The summed E-state index contributed by atoms with van der Waals surface area (Å²) in [7, 11) is 3.47. The minimum Gasteiger partial charge on any atom is -0.374 e. The molecule has 0 aromatic heterocycles. The number of allylic oxidation sites excluding steroid dienone is 1. The molecule has 1 aromatic carbocycles. The molecule has 0 bridgehead atoms. The molecule has 2 unspecified atom stereocenters. The van der Waals surface area contributed by atoms with Crippen LogP contribution in [0.5, 0.6) is 0 Å². The zero-order chi connectivity index (χ0) is 28.8. The number of alkyl halides is 5. The number of aliphatic imine (C=N–C) groups is 1. The number of benzene rings is 1. The quantitative estimate of drug-likeness (QED) is 0.303. The highest BCUT2D eigenvalue weighted by molar-refractivity contribution is 8.18. The Hall–Kier alpha value is -2.02. The summed E-state index contributed by atoms with van der Waals surface area (Å²) in [5, 5.41) is 13.1. The van der Waals surface area contributed by atoms with E-state index in [-0.39, 0.29) is 23.3 Å². The number of aliphatic hydroxyl groups is 1. The van der Waals surface area contributed by atoms with Crippen LogP contribution in [0.1, 0.15) is 56.2 Å². The number of likely N-dealkylation sites (tertiary alicyclic amines) is 1. The number of amidine groups is 1. The molecule has 2 heterocycles.